The summed E-state index contributed by atoms with van der Waals surface area (Å²) in [7, 11) is 0. The molecule has 0 bridgehead atoms. The molecule has 1 amide bonds. The van der Waals surface area contributed by atoms with Gasteiger partial charge in [0.2, 0.25) is 5.91 Å². The maximum atomic E-state index is 13.2. The fourth-order valence-electron chi connectivity index (χ4n) is 3.68. The summed E-state index contributed by atoms with van der Waals surface area (Å²) < 4.78 is 8.88. The minimum Gasteiger partial charge on any atom is -0.490 e. The number of nitrogens with zero attached hydrogens (tertiary/aromatic N) is 3. The number of thiophene rings is 1. The van der Waals surface area contributed by atoms with Crippen molar-refractivity contribution >= 4 is 33.1 Å². The summed E-state index contributed by atoms with van der Waals surface area (Å²) in [6, 6.07) is 7.45. The normalized spacial score (nSPS) is 13.5. The summed E-state index contributed by atoms with van der Waals surface area (Å²) in [6.45, 7) is 7.10. The lowest BCUT2D eigenvalue weighted by molar-refractivity contribution is -0.119. The fourth-order valence-corrected chi connectivity index (χ4v) is 4.52. The number of carbonyl (C=O) groups is 1. The average Bonchev–Trinajstić information content (AvgIpc) is 3.20. The Labute approximate surface area is 178 Å². The van der Waals surface area contributed by atoms with Gasteiger partial charge in [-0.1, -0.05) is 19.9 Å². The van der Waals surface area contributed by atoms with Crippen molar-refractivity contribution in [2.75, 3.05) is 18.1 Å². The third kappa shape index (κ3) is 3.67. The molecule has 0 N–H and O–H groups in total. The van der Waals surface area contributed by atoms with Gasteiger partial charge in [0.1, 0.15) is 23.6 Å². The molecule has 0 radical (unpaired) electrons. The first kappa shape index (κ1) is 20.4. The minimum atomic E-state index is -0.433. The van der Waals surface area contributed by atoms with Crippen LogP contribution in [0.5, 0.6) is 5.75 Å². The minimum absolute atomic E-state index is 0.124. The topological polar surface area (TPSA) is 73.5 Å². The number of anilines is 1. The standard InChI is InChI=1S/C22H25N3O4S/c1-14(2)6-8-24-21(27)20-16(7-11-30-20)25(22(24)28)13-19(26)23-9-10-29-18-5-4-15(3)12-17(18)23/h4-5,7,11-12,14H,6,8-10,13H2,1-3H3. The molecular formula is C22H25N3O4S. The SMILES string of the molecule is Cc1ccc2c(c1)N(C(=O)Cn1c(=O)n(CCC(C)C)c(=O)c3sccc31)CCO2. The lowest BCUT2D eigenvalue weighted by Crippen LogP contribution is -2.45. The Morgan fingerprint density at radius 1 is 1.20 bits per heavy atom. The Balaban J connectivity index is 1.74. The van der Waals surface area contributed by atoms with Gasteiger partial charge in [-0.3, -0.25) is 18.7 Å². The van der Waals surface area contributed by atoms with E-state index in [1.165, 1.54) is 20.5 Å². The predicted octanol–water partition coefficient (Wildman–Crippen LogP) is 3.00. The Bertz CT molecular complexity index is 1220. The molecule has 7 nitrogen and oxygen atoms in total. The maximum absolute atomic E-state index is 13.2. The summed E-state index contributed by atoms with van der Waals surface area (Å²) in [4.78, 5) is 40.9. The molecule has 0 spiro atoms. The van der Waals surface area contributed by atoms with Crippen LogP contribution in [0.25, 0.3) is 10.2 Å². The second-order valence-electron chi connectivity index (χ2n) is 8.01. The average molecular weight is 428 g/mol. The second kappa shape index (κ2) is 8.10. The number of amides is 1. The highest BCUT2D eigenvalue weighted by molar-refractivity contribution is 7.17. The Hall–Kier alpha value is -2.87. The lowest BCUT2D eigenvalue weighted by atomic mass is 10.1. The van der Waals surface area contributed by atoms with Gasteiger partial charge in [0.15, 0.2) is 0 Å². The van der Waals surface area contributed by atoms with E-state index in [9.17, 15) is 14.4 Å². The molecule has 1 aromatic carbocycles. The highest BCUT2D eigenvalue weighted by atomic mass is 32.1. The van der Waals surface area contributed by atoms with Crippen LogP contribution in [0.3, 0.4) is 0 Å². The molecule has 3 aromatic rings. The first-order chi connectivity index (χ1) is 14.4. The molecule has 8 heteroatoms. The van der Waals surface area contributed by atoms with Gasteiger partial charge in [0.25, 0.3) is 5.56 Å². The molecule has 3 heterocycles. The zero-order valence-corrected chi connectivity index (χ0v) is 18.2. The van der Waals surface area contributed by atoms with Crippen LogP contribution in [0.2, 0.25) is 0 Å². The molecule has 1 aliphatic heterocycles. The van der Waals surface area contributed by atoms with Crippen molar-refractivity contribution in [3.8, 4) is 5.75 Å². The van der Waals surface area contributed by atoms with E-state index in [1.54, 1.807) is 16.3 Å². The quantitative estimate of drug-likeness (QED) is 0.627. The molecule has 158 valence electrons. The van der Waals surface area contributed by atoms with E-state index < -0.39 is 5.69 Å². The molecular weight excluding hydrogens is 402 g/mol. The van der Waals surface area contributed by atoms with Crippen molar-refractivity contribution in [3.05, 3.63) is 56.0 Å². The molecule has 30 heavy (non-hydrogen) atoms. The summed E-state index contributed by atoms with van der Waals surface area (Å²) in [5.74, 6) is 0.822. The number of hydrogen-bond acceptors (Lipinski definition) is 5. The number of fused-ring (bicyclic) bond motifs is 2. The zero-order chi connectivity index (χ0) is 21.4. The lowest BCUT2D eigenvalue weighted by Gasteiger charge is -2.30. The predicted molar refractivity (Wildman–Crippen MR) is 119 cm³/mol. The molecule has 2 aromatic heterocycles. The highest BCUT2D eigenvalue weighted by Crippen LogP contribution is 2.32. The van der Waals surface area contributed by atoms with Crippen molar-refractivity contribution in [2.45, 2.75) is 40.3 Å². The number of benzene rings is 1. The van der Waals surface area contributed by atoms with Crippen molar-refractivity contribution < 1.29 is 9.53 Å². The molecule has 0 unspecified atom stereocenters. The van der Waals surface area contributed by atoms with Gasteiger partial charge >= 0.3 is 5.69 Å². The van der Waals surface area contributed by atoms with E-state index in [0.29, 0.717) is 47.3 Å². The Morgan fingerprint density at radius 2 is 2.00 bits per heavy atom. The molecule has 0 atom stereocenters. The van der Waals surface area contributed by atoms with Gasteiger partial charge in [-0.05, 0) is 48.4 Å². The second-order valence-corrected chi connectivity index (χ2v) is 8.92. The van der Waals surface area contributed by atoms with Crippen LogP contribution in [-0.2, 0) is 17.9 Å². The van der Waals surface area contributed by atoms with Gasteiger partial charge in [-0.2, -0.15) is 0 Å². The fraction of sp³-hybridized carbons (Fsp3) is 0.409. The van der Waals surface area contributed by atoms with Crippen LogP contribution in [-0.4, -0.2) is 28.2 Å². The molecule has 0 saturated carbocycles. The van der Waals surface area contributed by atoms with E-state index in [1.807, 2.05) is 25.1 Å². The Morgan fingerprint density at radius 3 is 2.77 bits per heavy atom. The maximum Gasteiger partial charge on any atom is 0.332 e. The van der Waals surface area contributed by atoms with Crippen LogP contribution in [0.15, 0.2) is 39.2 Å². The summed E-state index contributed by atoms with van der Waals surface area (Å²) in [5.41, 5.74) is 1.55. The number of hydrogen-bond donors (Lipinski definition) is 0. The van der Waals surface area contributed by atoms with Crippen molar-refractivity contribution in [1.82, 2.24) is 9.13 Å². The van der Waals surface area contributed by atoms with E-state index in [0.717, 1.165) is 12.0 Å². The first-order valence-electron chi connectivity index (χ1n) is 10.1. The van der Waals surface area contributed by atoms with Crippen molar-refractivity contribution in [1.29, 1.82) is 0 Å². The monoisotopic (exact) mass is 427 g/mol. The van der Waals surface area contributed by atoms with E-state index in [2.05, 4.69) is 13.8 Å². The number of carbonyl (C=O) groups excluding carboxylic acids is 1. The highest BCUT2D eigenvalue weighted by Gasteiger charge is 2.25. The smallest absolute Gasteiger partial charge is 0.332 e. The summed E-state index contributed by atoms with van der Waals surface area (Å²) in [5, 5.41) is 1.78. The summed E-state index contributed by atoms with van der Waals surface area (Å²) >= 11 is 1.30. The third-order valence-corrected chi connectivity index (χ3v) is 6.23. The zero-order valence-electron chi connectivity index (χ0n) is 17.4. The largest absolute Gasteiger partial charge is 0.490 e. The van der Waals surface area contributed by atoms with Gasteiger partial charge in [-0.25, -0.2) is 4.79 Å². The molecule has 1 aliphatic rings. The number of ether oxygens (including phenoxy) is 1. The number of aryl methyl sites for hydroxylation is 1. The van der Waals surface area contributed by atoms with Crippen LogP contribution < -0.4 is 20.9 Å². The van der Waals surface area contributed by atoms with E-state index >= 15 is 0 Å². The molecule has 0 aliphatic carbocycles. The Kier molecular flexibility index (Phi) is 5.51. The van der Waals surface area contributed by atoms with Crippen LogP contribution in [0, 0.1) is 12.8 Å². The number of aromatic nitrogens is 2. The van der Waals surface area contributed by atoms with Gasteiger partial charge in [-0.15, -0.1) is 11.3 Å². The van der Waals surface area contributed by atoms with Gasteiger partial charge in [0.05, 0.1) is 17.7 Å². The molecule has 0 saturated heterocycles. The molecule has 0 fully saturated rings. The van der Waals surface area contributed by atoms with Crippen LogP contribution in [0.1, 0.15) is 25.8 Å². The van der Waals surface area contributed by atoms with Crippen LogP contribution in [0.4, 0.5) is 5.69 Å². The van der Waals surface area contributed by atoms with Crippen LogP contribution >= 0.6 is 11.3 Å². The van der Waals surface area contributed by atoms with Crippen molar-refractivity contribution in [2.24, 2.45) is 5.92 Å². The summed E-state index contributed by atoms with van der Waals surface area (Å²) in [6.07, 6.45) is 0.718. The third-order valence-electron chi connectivity index (χ3n) is 5.34. The van der Waals surface area contributed by atoms with E-state index in [4.69, 9.17) is 4.74 Å². The van der Waals surface area contributed by atoms with Crippen molar-refractivity contribution in [3.63, 3.8) is 0 Å². The van der Waals surface area contributed by atoms with Gasteiger partial charge in [0, 0.05) is 6.54 Å². The molecule has 4 rings (SSSR count). The first-order valence-corrected chi connectivity index (χ1v) is 11.0. The van der Waals surface area contributed by atoms with E-state index in [-0.39, 0.29) is 18.0 Å². The van der Waals surface area contributed by atoms with Gasteiger partial charge < -0.3 is 9.64 Å². The number of rotatable bonds is 5.